The molecular formula is C18H30O6. The summed E-state index contributed by atoms with van der Waals surface area (Å²) < 4.78 is 20.1. The molecule has 24 heavy (non-hydrogen) atoms. The number of hydrogen-bond acceptors (Lipinski definition) is 6. The van der Waals surface area contributed by atoms with Crippen LogP contribution in [-0.2, 0) is 28.5 Å². The second kappa shape index (κ2) is 11.4. The topological polar surface area (TPSA) is 77.7 Å². The first-order valence-corrected chi connectivity index (χ1v) is 9.28. The molecule has 0 aromatic carbocycles. The Kier molecular flexibility index (Phi) is 9.13. The molecule has 0 aromatic rings. The Bertz CT molecular complexity index is 340. The van der Waals surface area contributed by atoms with Crippen molar-refractivity contribution >= 4 is 11.9 Å². The molecule has 0 spiro atoms. The van der Waals surface area contributed by atoms with E-state index in [1.165, 1.54) is 12.8 Å². The van der Waals surface area contributed by atoms with Gasteiger partial charge in [-0.3, -0.25) is 9.59 Å². The van der Waals surface area contributed by atoms with Crippen molar-refractivity contribution in [1.29, 1.82) is 0 Å². The van der Waals surface area contributed by atoms with Gasteiger partial charge in [0.1, 0.15) is 25.4 Å². The highest BCUT2D eigenvalue weighted by molar-refractivity contribution is 5.69. The van der Waals surface area contributed by atoms with Gasteiger partial charge >= 0.3 is 11.9 Å². The summed E-state index contributed by atoms with van der Waals surface area (Å²) in [5.74, 6) is -0.212. The molecule has 6 heteroatoms. The molecule has 6 nitrogen and oxygen atoms in total. The van der Waals surface area contributed by atoms with Crippen molar-refractivity contribution in [2.24, 2.45) is 0 Å². The molecule has 0 amide bonds. The van der Waals surface area contributed by atoms with E-state index in [1.807, 2.05) is 0 Å². The van der Waals surface area contributed by atoms with Gasteiger partial charge in [-0.15, -0.1) is 0 Å². The largest absolute Gasteiger partial charge is 0.463 e. The minimum Gasteiger partial charge on any atom is -0.463 e. The first-order valence-electron chi connectivity index (χ1n) is 9.28. The summed E-state index contributed by atoms with van der Waals surface area (Å²) in [6.45, 7) is 2.29. The molecule has 2 aliphatic heterocycles. The summed E-state index contributed by atoms with van der Waals surface area (Å²) in [5.41, 5.74) is 0. The molecule has 0 bridgehead atoms. The summed E-state index contributed by atoms with van der Waals surface area (Å²) in [6.07, 6.45) is 9.98. The molecule has 2 unspecified atom stereocenters. The summed E-state index contributed by atoms with van der Waals surface area (Å²) >= 11 is 0. The van der Waals surface area contributed by atoms with E-state index in [4.69, 9.17) is 18.9 Å². The van der Waals surface area contributed by atoms with Crippen LogP contribution in [0.5, 0.6) is 0 Å². The van der Waals surface area contributed by atoms with E-state index >= 15 is 0 Å². The summed E-state index contributed by atoms with van der Waals surface area (Å²) in [5, 5.41) is 0. The Morgan fingerprint density at radius 2 is 1.00 bits per heavy atom. The molecule has 2 atom stereocenters. The lowest BCUT2D eigenvalue weighted by Gasteiger charge is -2.04. The highest BCUT2D eigenvalue weighted by Crippen LogP contribution is 2.13. The fourth-order valence-electron chi connectivity index (χ4n) is 2.44. The number of esters is 2. The molecule has 2 heterocycles. The van der Waals surface area contributed by atoms with Gasteiger partial charge in [0.15, 0.2) is 0 Å². The maximum absolute atomic E-state index is 11.4. The highest BCUT2D eigenvalue weighted by Gasteiger charge is 2.24. The quantitative estimate of drug-likeness (QED) is 0.259. The minimum absolute atomic E-state index is 0.106. The molecule has 138 valence electrons. The molecule has 0 aromatic heterocycles. The Hall–Kier alpha value is -1.14. The predicted molar refractivity (Wildman–Crippen MR) is 87.6 cm³/mol. The Labute approximate surface area is 144 Å². The number of epoxide rings is 2. The standard InChI is InChI=1S/C18H30O6/c19-17(23-13-15-11-21-15)9-7-5-3-1-2-4-6-8-10-18(20)24-14-16-12-22-16/h15-16H,1-14H2. The van der Waals surface area contributed by atoms with Crippen molar-refractivity contribution in [2.75, 3.05) is 26.4 Å². The van der Waals surface area contributed by atoms with Crippen LogP contribution in [0.4, 0.5) is 0 Å². The smallest absolute Gasteiger partial charge is 0.305 e. The van der Waals surface area contributed by atoms with E-state index in [2.05, 4.69) is 0 Å². The number of unbranched alkanes of at least 4 members (excludes halogenated alkanes) is 7. The lowest BCUT2D eigenvalue weighted by atomic mass is 10.1. The lowest BCUT2D eigenvalue weighted by Crippen LogP contribution is -2.09. The zero-order valence-electron chi connectivity index (χ0n) is 14.5. The predicted octanol–water partition coefficient (Wildman–Crippen LogP) is 2.77. The third-order valence-electron chi connectivity index (χ3n) is 4.18. The molecule has 0 N–H and O–H groups in total. The normalized spacial score (nSPS) is 21.3. The van der Waals surface area contributed by atoms with Crippen LogP contribution in [-0.4, -0.2) is 50.6 Å². The Balaban J connectivity index is 1.25. The van der Waals surface area contributed by atoms with E-state index in [9.17, 15) is 9.59 Å². The van der Waals surface area contributed by atoms with Crippen molar-refractivity contribution in [1.82, 2.24) is 0 Å². The van der Waals surface area contributed by atoms with Crippen LogP contribution in [0.25, 0.3) is 0 Å². The van der Waals surface area contributed by atoms with Crippen LogP contribution in [0, 0.1) is 0 Å². The van der Waals surface area contributed by atoms with Gasteiger partial charge in [-0.1, -0.05) is 38.5 Å². The third kappa shape index (κ3) is 10.6. The number of hydrogen-bond donors (Lipinski definition) is 0. The van der Waals surface area contributed by atoms with Gasteiger partial charge in [-0.25, -0.2) is 0 Å². The van der Waals surface area contributed by atoms with Crippen LogP contribution in [0.15, 0.2) is 0 Å². The number of ether oxygens (including phenoxy) is 4. The van der Waals surface area contributed by atoms with Crippen LogP contribution < -0.4 is 0 Å². The van der Waals surface area contributed by atoms with Crippen LogP contribution in [0.1, 0.15) is 64.2 Å². The number of carbonyl (C=O) groups excluding carboxylic acids is 2. The second-order valence-electron chi connectivity index (χ2n) is 6.61. The fraction of sp³-hybridized carbons (Fsp3) is 0.889. The Morgan fingerprint density at radius 1 is 0.667 bits per heavy atom. The second-order valence-corrected chi connectivity index (χ2v) is 6.61. The van der Waals surface area contributed by atoms with Gasteiger partial charge in [0.25, 0.3) is 0 Å². The zero-order chi connectivity index (χ0) is 17.0. The van der Waals surface area contributed by atoms with Crippen LogP contribution in [0.3, 0.4) is 0 Å². The van der Waals surface area contributed by atoms with Gasteiger partial charge in [0.05, 0.1) is 13.2 Å². The van der Waals surface area contributed by atoms with Crippen molar-refractivity contribution in [2.45, 2.75) is 76.4 Å². The van der Waals surface area contributed by atoms with Crippen molar-refractivity contribution < 1.29 is 28.5 Å². The third-order valence-corrected chi connectivity index (χ3v) is 4.18. The van der Waals surface area contributed by atoms with Gasteiger partial charge in [0, 0.05) is 12.8 Å². The maximum Gasteiger partial charge on any atom is 0.305 e. The molecular weight excluding hydrogens is 312 g/mol. The van der Waals surface area contributed by atoms with E-state index < -0.39 is 0 Å². The molecule has 2 saturated heterocycles. The maximum atomic E-state index is 11.4. The molecule has 2 rings (SSSR count). The van der Waals surface area contributed by atoms with Crippen molar-refractivity contribution in [3.05, 3.63) is 0 Å². The van der Waals surface area contributed by atoms with Gasteiger partial charge < -0.3 is 18.9 Å². The van der Waals surface area contributed by atoms with E-state index in [0.717, 1.165) is 51.7 Å². The van der Waals surface area contributed by atoms with Gasteiger partial charge in [0.2, 0.25) is 0 Å². The highest BCUT2D eigenvalue weighted by atomic mass is 16.6. The fourth-order valence-corrected chi connectivity index (χ4v) is 2.44. The van der Waals surface area contributed by atoms with Crippen LogP contribution >= 0.6 is 0 Å². The van der Waals surface area contributed by atoms with Crippen LogP contribution in [0.2, 0.25) is 0 Å². The van der Waals surface area contributed by atoms with E-state index in [0.29, 0.717) is 26.1 Å². The molecule has 2 fully saturated rings. The van der Waals surface area contributed by atoms with E-state index in [1.54, 1.807) is 0 Å². The average molecular weight is 342 g/mol. The lowest BCUT2D eigenvalue weighted by molar-refractivity contribution is -0.145. The van der Waals surface area contributed by atoms with Crippen molar-refractivity contribution in [3.8, 4) is 0 Å². The first kappa shape index (κ1) is 19.2. The molecule has 0 radical (unpaired) electrons. The van der Waals surface area contributed by atoms with Crippen molar-refractivity contribution in [3.63, 3.8) is 0 Å². The number of rotatable bonds is 15. The summed E-state index contributed by atoms with van der Waals surface area (Å²) in [7, 11) is 0. The SMILES string of the molecule is O=C(CCCCCCCCCCC(=O)OCC1CO1)OCC1CO1. The molecule has 0 aliphatic carbocycles. The minimum atomic E-state index is -0.106. The zero-order valence-corrected chi connectivity index (χ0v) is 14.5. The van der Waals surface area contributed by atoms with Gasteiger partial charge in [-0.05, 0) is 12.8 Å². The summed E-state index contributed by atoms with van der Waals surface area (Å²) in [6, 6.07) is 0. The monoisotopic (exact) mass is 342 g/mol. The first-order chi connectivity index (χ1) is 11.7. The number of carbonyl (C=O) groups is 2. The van der Waals surface area contributed by atoms with Gasteiger partial charge in [-0.2, -0.15) is 0 Å². The molecule has 0 saturated carbocycles. The molecule has 2 aliphatic rings. The van der Waals surface area contributed by atoms with E-state index in [-0.39, 0.29) is 24.1 Å². The Morgan fingerprint density at radius 3 is 1.33 bits per heavy atom. The summed E-state index contributed by atoms with van der Waals surface area (Å²) in [4.78, 5) is 22.8. The average Bonchev–Trinajstić information content (AvgIpc) is 3.47.